The van der Waals surface area contributed by atoms with E-state index in [0.717, 1.165) is 6.54 Å². The molecule has 1 aromatic rings. The number of carbonyl (C=O) groups is 2. The van der Waals surface area contributed by atoms with Gasteiger partial charge in [-0.1, -0.05) is 13.0 Å². The minimum atomic E-state index is -0.431. The van der Waals surface area contributed by atoms with Crippen LogP contribution in [0.15, 0.2) is 22.7 Å². The average Bonchev–Trinajstić information content (AvgIpc) is 2.62. The molecule has 0 bridgehead atoms. The molecule has 1 heterocycles. The summed E-state index contributed by atoms with van der Waals surface area (Å²) >= 11 is 3.35. The predicted molar refractivity (Wildman–Crippen MR) is 87.7 cm³/mol. The van der Waals surface area contributed by atoms with Crippen molar-refractivity contribution in [3.05, 3.63) is 28.2 Å². The summed E-state index contributed by atoms with van der Waals surface area (Å²) in [6, 6.07) is 5.46. The molecule has 0 fully saturated rings. The van der Waals surface area contributed by atoms with Gasteiger partial charge in [-0.2, -0.15) is 0 Å². The normalized spacial score (nSPS) is 16.3. The Morgan fingerprint density at radius 1 is 1.29 bits per heavy atom. The molecule has 1 aromatic carbocycles. The highest BCUT2D eigenvalue weighted by Crippen LogP contribution is 2.34. The number of amides is 1. The van der Waals surface area contributed by atoms with Crippen LogP contribution in [0.2, 0.25) is 0 Å². The maximum atomic E-state index is 12.2. The van der Waals surface area contributed by atoms with Gasteiger partial charge in [-0.3, -0.25) is 9.59 Å². The van der Waals surface area contributed by atoms with E-state index in [9.17, 15) is 9.59 Å². The molecule has 1 aliphatic rings. The van der Waals surface area contributed by atoms with Crippen LogP contribution in [0.3, 0.4) is 0 Å². The third-order valence-electron chi connectivity index (χ3n) is 3.42. The summed E-state index contributed by atoms with van der Waals surface area (Å²) in [4.78, 5) is 25.9. The van der Waals surface area contributed by atoms with Crippen LogP contribution in [0.5, 0.6) is 0 Å². The van der Waals surface area contributed by atoms with E-state index in [0.29, 0.717) is 22.3 Å². The number of Topliss-reactive ketones (excluding diaryl/α,β-unsaturated/α-hetero) is 1. The Morgan fingerprint density at radius 2 is 1.95 bits per heavy atom. The van der Waals surface area contributed by atoms with Gasteiger partial charge < -0.3 is 10.2 Å². The number of nitrogens with zero attached hydrogens (tertiary/aromatic N) is 1. The van der Waals surface area contributed by atoms with Gasteiger partial charge in [-0.05, 0) is 61.3 Å². The Kier molecular flexibility index (Phi) is 4.54. The summed E-state index contributed by atoms with van der Waals surface area (Å²) in [5, 5.41) is 3.42. The van der Waals surface area contributed by atoms with Crippen molar-refractivity contribution in [2.24, 2.45) is 5.92 Å². The standard InChI is InChI=1S/C16H21BrN2O2/c1-10(8-18-16(2,3)4)9-19-12-7-5-6-11(17)13(12)14(20)15(19)21/h5-7,10,18H,8-9H2,1-4H3. The number of carbonyl (C=O) groups excluding carboxylic acids is 2. The number of benzene rings is 1. The number of nitrogens with one attached hydrogen (secondary N) is 1. The number of ketones is 1. The molecular weight excluding hydrogens is 332 g/mol. The summed E-state index contributed by atoms with van der Waals surface area (Å²) < 4.78 is 0.682. The number of fused-ring (bicyclic) bond motifs is 1. The van der Waals surface area contributed by atoms with Crippen LogP contribution < -0.4 is 10.2 Å². The SMILES string of the molecule is CC(CNC(C)(C)C)CN1C(=O)C(=O)c2c(Br)cccc21. The van der Waals surface area contributed by atoms with E-state index in [1.165, 1.54) is 0 Å². The number of hydrogen-bond acceptors (Lipinski definition) is 3. The van der Waals surface area contributed by atoms with Crippen molar-refractivity contribution in [1.82, 2.24) is 5.32 Å². The predicted octanol–water partition coefficient (Wildman–Crippen LogP) is 3.00. The zero-order valence-corrected chi connectivity index (χ0v) is 14.5. The Balaban J connectivity index is 2.13. The highest BCUT2D eigenvalue weighted by Gasteiger charge is 2.37. The molecular formula is C16H21BrN2O2. The van der Waals surface area contributed by atoms with E-state index in [2.05, 4.69) is 48.9 Å². The topological polar surface area (TPSA) is 49.4 Å². The van der Waals surface area contributed by atoms with Crippen LogP contribution in [0.25, 0.3) is 0 Å². The third kappa shape index (κ3) is 3.52. The second kappa shape index (κ2) is 5.89. The van der Waals surface area contributed by atoms with Crippen molar-refractivity contribution < 1.29 is 9.59 Å². The zero-order valence-electron chi connectivity index (χ0n) is 12.9. The summed E-state index contributed by atoms with van der Waals surface area (Å²) in [6.45, 7) is 9.73. The molecule has 0 radical (unpaired) electrons. The van der Waals surface area contributed by atoms with Crippen LogP contribution in [0.1, 0.15) is 38.1 Å². The fourth-order valence-corrected chi connectivity index (χ4v) is 2.88. The molecule has 0 spiro atoms. The first-order valence-electron chi connectivity index (χ1n) is 7.10. The van der Waals surface area contributed by atoms with Gasteiger partial charge >= 0.3 is 0 Å². The maximum Gasteiger partial charge on any atom is 0.299 e. The van der Waals surface area contributed by atoms with Crippen LogP contribution >= 0.6 is 15.9 Å². The van der Waals surface area contributed by atoms with Gasteiger partial charge in [0, 0.05) is 16.6 Å². The first kappa shape index (κ1) is 16.2. The van der Waals surface area contributed by atoms with Gasteiger partial charge in [-0.15, -0.1) is 0 Å². The molecule has 0 aromatic heterocycles. The van der Waals surface area contributed by atoms with E-state index in [-0.39, 0.29) is 11.5 Å². The summed E-state index contributed by atoms with van der Waals surface area (Å²) in [5.41, 5.74) is 1.24. The summed E-state index contributed by atoms with van der Waals surface area (Å²) in [5.74, 6) is -0.598. The number of anilines is 1. The van der Waals surface area contributed by atoms with Crippen molar-refractivity contribution in [3.63, 3.8) is 0 Å². The van der Waals surface area contributed by atoms with E-state index in [4.69, 9.17) is 0 Å². The molecule has 4 nitrogen and oxygen atoms in total. The fourth-order valence-electron chi connectivity index (χ4n) is 2.34. The summed E-state index contributed by atoms with van der Waals surface area (Å²) in [6.07, 6.45) is 0. The lowest BCUT2D eigenvalue weighted by molar-refractivity contribution is -0.114. The highest BCUT2D eigenvalue weighted by atomic mass is 79.9. The number of rotatable bonds is 4. The van der Waals surface area contributed by atoms with E-state index >= 15 is 0 Å². The second-order valence-corrected chi connectivity index (χ2v) is 7.47. The lowest BCUT2D eigenvalue weighted by atomic mass is 10.1. The smallest absolute Gasteiger partial charge is 0.299 e. The molecule has 1 atom stereocenters. The van der Waals surface area contributed by atoms with Gasteiger partial charge in [0.1, 0.15) is 0 Å². The molecule has 2 rings (SSSR count). The first-order chi connectivity index (χ1) is 9.70. The number of hydrogen-bond donors (Lipinski definition) is 1. The van der Waals surface area contributed by atoms with Crippen molar-refractivity contribution in [1.29, 1.82) is 0 Å². The van der Waals surface area contributed by atoms with Crippen molar-refractivity contribution in [2.45, 2.75) is 33.2 Å². The molecule has 1 unspecified atom stereocenters. The molecule has 1 N–H and O–H groups in total. The van der Waals surface area contributed by atoms with E-state index < -0.39 is 11.7 Å². The molecule has 0 saturated carbocycles. The van der Waals surface area contributed by atoms with Gasteiger partial charge in [0.15, 0.2) is 0 Å². The highest BCUT2D eigenvalue weighted by molar-refractivity contribution is 9.10. The largest absolute Gasteiger partial charge is 0.312 e. The Morgan fingerprint density at radius 3 is 2.57 bits per heavy atom. The molecule has 114 valence electrons. The number of halogens is 1. The van der Waals surface area contributed by atoms with Gasteiger partial charge in [0.05, 0.1) is 11.3 Å². The van der Waals surface area contributed by atoms with Crippen LogP contribution in [-0.4, -0.2) is 30.3 Å². The first-order valence-corrected chi connectivity index (χ1v) is 7.90. The van der Waals surface area contributed by atoms with Crippen molar-refractivity contribution in [3.8, 4) is 0 Å². The minimum Gasteiger partial charge on any atom is -0.312 e. The summed E-state index contributed by atoms with van der Waals surface area (Å²) in [7, 11) is 0. The van der Waals surface area contributed by atoms with Crippen LogP contribution in [-0.2, 0) is 4.79 Å². The zero-order chi connectivity index (χ0) is 15.8. The van der Waals surface area contributed by atoms with E-state index in [1.54, 1.807) is 11.0 Å². The van der Waals surface area contributed by atoms with Gasteiger partial charge in [0.2, 0.25) is 0 Å². The molecule has 21 heavy (non-hydrogen) atoms. The third-order valence-corrected chi connectivity index (χ3v) is 4.08. The Bertz CT molecular complexity index is 578. The van der Waals surface area contributed by atoms with E-state index in [1.807, 2.05) is 12.1 Å². The molecule has 0 aliphatic carbocycles. The lowest BCUT2D eigenvalue weighted by Crippen LogP contribution is -2.42. The molecule has 0 saturated heterocycles. The Labute approximate surface area is 134 Å². The Hall–Kier alpha value is -1.20. The molecule has 1 aliphatic heterocycles. The monoisotopic (exact) mass is 352 g/mol. The minimum absolute atomic E-state index is 0.0417. The molecule has 5 heteroatoms. The second-order valence-electron chi connectivity index (χ2n) is 6.61. The van der Waals surface area contributed by atoms with Gasteiger partial charge in [-0.25, -0.2) is 0 Å². The molecule has 1 amide bonds. The van der Waals surface area contributed by atoms with Crippen molar-refractivity contribution >= 4 is 33.3 Å². The van der Waals surface area contributed by atoms with Crippen LogP contribution in [0, 0.1) is 5.92 Å². The van der Waals surface area contributed by atoms with Crippen LogP contribution in [0.4, 0.5) is 5.69 Å². The maximum absolute atomic E-state index is 12.2. The van der Waals surface area contributed by atoms with Gasteiger partial charge in [0.25, 0.3) is 11.7 Å². The van der Waals surface area contributed by atoms with Crippen molar-refractivity contribution in [2.75, 3.05) is 18.0 Å². The lowest BCUT2D eigenvalue weighted by Gasteiger charge is -2.26. The average molecular weight is 353 g/mol. The fraction of sp³-hybridized carbons (Fsp3) is 0.500. The quantitative estimate of drug-likeness (QED) is 0.847.